The van der Waals surface area contributed by atoms with Crippen molar-refractivity contribution < 1.29 is 23.9 Å². The lowest BCUT2D eigenvalue weighted by atomic mass is 10.1. The zero-order valence-electron chi connectivity index (χ0n) is 16.9. The van der Waals surface area contributed by atoms with Crippen LogP contribution in [0, 0.1) is 0 Å². The molecule has 3 heterocycles. The van der Waals surface area contributed by atoms with E-state index >= 15 is 0 Å². The van der Waals surface area contributed by atoms with Crippen molar-refractivity contribution in [2.75, 3.05) is 44.8 Å². The minimum absolute atomic E-state index is 0.0889. The minimum atomic E-state index is -0.235. The zero-order valence-corrected chi connectivity index (χ0v) is 16.9. The van der Waals surface area contributed by atoms with E-state index < -0.39 is 0 Å². The van der Waals surface area contributed by atoms with Gasteiger partial charge in [-0.15, -0.1) is 0 Å². The van der Waals surface area contributed by atoms with Gasteiger partial charge in [0, 0.05) is 51.1 Å². The number of rotatable bonds is 5. The van der Waals surface area contributed by atoms with Gasteiger partial charge >= 0.3 is 0 Å². The van der Waals surface area contributed by atoms with Gasteiger partial charge in [0.25, 0.3) is 5.91 Å². The predicted octanol–water partition coefficient (Wildman–Crippen LogP) is 0.748. The average Bonchev–Trinajstić information content (AvgIpc) is 3.35. The SMILES string of the molecule is CC(=O)c1cc2c(cc1NC(=O)CN1CCN(C(=O)c3ccn(C)n3)CC1)OCO2. The van der Waals surface area contributed by atoms with Crippen LogP contribution < -0.4 is 14.8 Å². The summed E-state index contributed by atoms with van der Waals surface area (Å²) in [6.07, 6.45) is 1.74. The van der Waals surface area contributed by atoms with Gasteiger partial charge in [0.05, 0.1) is 12.2 Å². The topological polar surface area (TPSA) is 106 Å². The van der Waals surface area contributed by atoms with Crippen molar-refractivity contribution in [3.8, 4) is 11.5 Å². The number of aromatic nitrogens is 2. The van der Waals surface area contributed by atoms with Crippen LogP contribution in [0.5, 0.6) is 11.5 Å². The number of aryl methyl sites for hydroxylation is 1. The van der Waals surface area contributed by atoms with Crippen LogP contribution in [-0.2, 0) is 11.8 Å². The Balaban J connectivity index is 1.33. The highest BCUT2D eigenvalue weighted by Crippen LogP contribution is 2.37. The predicted molar refractivity (Wildman–Crippen MR) is 107 cm³/mol. The molecule has 158 valence electrons. The Morgan fingerprint density at radius 2 is 1.80 bits per heavy atom. The van der Waals surface area contributed by atoms with Crippen molar-refractivity contribution in [3.63, 3.8) is 0 Å². The van der Waals surface area contributed by atoms with Crippen molar-refractivity contribution in [2.24, 2.45) is 7.05 Å². The highest BCUT2D eigenvalue weighted by Gasteiger charge is 2.25. The van der Waals surface area contributed by atoms with Gasteiger partial charge < -0.3 is 19.7 Å². The van der Waals surface area contributed by atoms with E-state index in [1.807, 2.05) is 4.90 Å². The first-order chi connectivity index (χ1) is 14.4. The van der Waals surface area contributed by atoms with Crippen LogP contribution in [0.4, 0.5) is 5.69 Å². The summed E-state index contributed by atoms with van der Waals surface area (Å²) in [5, 5.41) is 6.95. The van der Waals surface area contributed by atoms with Crippen molar-refractivity contribution in [2.45, 2.75) is 6.92 Å². The molecule has 0 aliphatic carbocycles. The number of anilines is 1. The van der Waals surface area contributed by atoms with Crippen molar-refractivity contribution in [1.82, 2.24) is 19.6 Å². The van der Waals surface area contributed by atoms with Crippen molar-refractivity contribution in [1.29, 1.82) is 0 Å². The van der Waals surface area contributed by atoms with E-state index in [0.717, 1.165) is 0 Å². The molecule has 1 saturated heterocycles. The maximum atomic E-state index is 12.6. The number of Topliss-reactive ketones (excluding diaryl/α,β-unsaturated/α-hetero) is 1. The van der Waals surface area contributed by atoms with E-state index in [-0.39, 0.29) is 30.9 Å². The van der Waals surface area contributed by atoms with E-state index in [2.05, 4.69) is 10.4 Å². The molecular formula is C20H23N5O5. The molecule has 2 aromatic rings. The van der Waals surface area contributed by atoms with Gasteiger partial charge in [0.15, 0.2) is 17.3 Å². The van der Waals surface area contributed by atoms with Gasteiger partial charge in [-0.25, -0.2) is 0 Å². The molecule has 4 rings (SSSR count). The molecule has 10 nitrogen and oxygen atoms in total. The Kier molecular flexibility index (Phi) is 5.40. The number of hydrogen-bond donors (Lipinski definition) is 1. The van der Waals surface area contributed by atoms with E-state index in [4.69, 9.17) is 9.47 Å². The number of nitrogens with one attached hydrogen (secondary N) is 1. The molecule has 0 saturated carbocycles. The van der Waals surface area contributed by atoms with Crippen LogP contribution in [0.3, 0.4) is 0 Å². The Bertz CT molecular complexity index is 993. The zero-order chi connectivity index (χ0) is 21.3. The highest BCUT2D eigenvalue weighted by molar-refractivity contribution is 6.05. The summed E-state index contributed by atoms with van der Waals surface area (Å²) in [5.41, 5.74) is 1.20. The molecule has 30 heavy (non-hydrogen) atoms. The fraction of sp³-hybridized carbons (Fsp3) is 0.400. The molecule has 1 aromatic heterocycles. The fourth-order valence-electron chi connectivity index (χ4n) is 3.53. The molecule has 1 N–H and O–H groups in total. The smallest absolute Gasteiger partial charge is 0.274 e. The van der Waals surface area contributed by atoms with E-state index in [1.165, 1.54) is 6.92 Å². The summed E-state index contributed by atoms with van der Waals surface area (Å²) >= 11 is 0. The first kappa shape index (κ1) is 19.9. The fourth-order valence-corrected chi connectivity index (χ4v) is 3.53. The number of nitrogens with zero attached hydrogens (tertiary/aromatic N) is 4. The molecule has 1 aromatic carbocycles. The molecule has 2 aliphatic heterocycles. The van der Waals surface area contributed by atoms with Crippen LogP contribution in [0.2, 0.25) is 0 Å². The highest BCUT2D eigenvalue weighted by atomic mass is 16.7. The third-order valence-corrected chi connectivity index (χ3v) is 5.13. The van der Waals surface area contributed by atoms with Gasteiger partial charge in [-0.3, -0.25) is 24.0 Å². The number of amides is 2. The van der Waals surface area contributed by atoms with Gasteiger partial charge in [-0.05, 0) is 19.1 Å². The largest absolute Gasteiger partial charge is 0.454 e. The average molecular weight is 413 g/mol. The number of piperazine rings is 1. The Labute approximate surface area is 173 Å². The Morgan fingerprint density at radius 3 is 2.43 bits per heavy atom. The third-order valence-electron chi connectivity index (χ3n) is 5.13. The van der Waals surface area contributed by atoms with Crippen molar-refractivity contribution in [3.05, 3.63) is 35.7 Å². The van der Waals surface area contributed by atoms with Gasteiger partial charge in [-0.1, -0.05) is 0 Å². The first-order valence-corrected chi connectivity index (χ1v) is 9.66. The number of ketones is 1. The number of hydrogen-bond acceptors (Lipinski definition) is 7. The number of carbonyl (C=O) groups excluding carboxylic acids is 3. The normalized spacial score (nSPS) is 15.9. The lowest BCUT2D eigenvalue weighted by molar-refractivity contribution is -0.117. The van der Waals surface area contributed by atoms with Crippen molar-refractivity contribution >= 4 is 23.3 Å². The van der Waals surface area contributed by atoms with E-state index in [1.54, 1.807) is 41.0 Å². The second-order valence-electron chi connectivity index (χ2n) is 7.30. The van der Waals surface area contributed by atoms with Gasteiger partial charge in [-0.2, -0.15) is 5.10 Å². The molecule has 0 bridgehead atoms. The van der Waals surface area contributed by atoms with E-state index in [0.29, 0.717) is 54.6 Å². The molecule has 0 unspecified atom stereocenters. The van der Waals surface area contributed by atoms with Crippen LogP contribution in [0.1, 0.15) is 27.8 Å². The third kappa shape index (κ3) is 4.13. The second-order valence-corrected chi connectivity index (χ2v) is 7.30. The molecule has 2 aliphatic rings. The van der Waals surface area contributed by atoms with Crippen LogP contribution >= 0.6 is 0 Å². The van der Waals surface area contributed by atoms with Crippen LogP contribution in [0.15, 0.2) is 24.4 Å². The number of carbonyl (C=O) groups is 3. The van der Waals surface area contributed by atoms with Crippen LogP contribution in [-0.4, -0.2) is 76.7 Å². The lowest BCUT2D eigenvalue weighted by Gasteiger charge is -2.34. The molecule has 10 heteroatoms. The van der Waals surface area contributed by atoms with Gasteiger partial charge in [0.1, 0.15) is 5.69 Å². The summed E-state index contributed by atoms with van der Waals surface area (Å²) in [7, 11) is 1.77. The van der Waals surface area contributed by atoms with E-state index in [9.17, 15) is 14.4 Å². The summed E-state index contributed by atoms with van der Waals surface area (Å²) in [6.45, 7) is 3.88. The lowest BCUT2D eigenvalue weighted by Crippen LogP contribution is -2.50. The molecular weight excluding hydrogens is 390 g/mol. The molecule has 1 fully saturated rings. The quantitative estimate of drug-likeness (QED) is 0.721. The maximum absolute atomic E-state index is 12.6. The number of benzene rings is 1. The number of fused-ring (bicyclic) bond motifs is 1. The molecule has 0 spiro atoms. The minimum Gasteiger partial charge on any atom is -0.454 e. The molecule has 0 radical (unpaired) electrons. The summed E-state index contributed by atoms with van der Waals surface area (Å²) in [6, 6.07) is 4.89. The first-order valence-electron chi connectivity index (χ1n) is 9.66. The summed E-state index contributed by atoms with van der Waals surface area (Å²) in [5.74, 6) is 0.473. The van der Waals surface area contributed by atoms with Gasteiger partial charge in [0.2, 0.25) is 12.7 Å². The summed E-state index contributed by atoms with van der Waals surface area (Å²) in [4.78, 5) is 40.7. The van der Waals surface area contributed by atoms with Crippen LogP contribution in [0.25, 0.3) is 0 Å². The maximum Gasteiger partial charge on any atom is 0.274 e. The number of ether oxygens (including phenoxy) is 2. The molecule has 2 amide bonds. The Morgan fingerprint density at radius 1 is 1.10 bits per heavy atom. The Hall–Kier alpha value is -3.40. The standard InChI is InChI=1S/C20H23N5O5/c1-13(26)14-9-17-18(30-12-29-17)10-16(14)21-19(27)11-24-5-7-25(8-6-24)20(28)15-3-4-23(2)22-15/h3-4,9-10H,5-8,11-12H2,1-2H3,(H,21,27). The second kappa shape index (κ2) is 8.15. The monoisotopic (exact) mass is 413 g/mol. The summed E-state index contributed by atoms with van der Waals surface area (Å²) < 4.78 is 12.2. The molecule has 0 atom stereocenters.